The summed E-state index contributed by atoms with van der Waals surface area (Å²) in [7, 11) is 30.8. The maximum absolute atomic E-state index is 13.1. The summed E-state index contributed by atoms with van der Waals surface area (Å²) in [5.74, 6) is 1.45. The largest absolute Gasteiger partial charge is 0.494 e. The lowest BCUT2D eigenvalue weighted by molar-refractivity contribution is 0.00578. The molecule has 1 fully saturated rings. The summed E-state index contributed by atoms with van der Waals surface area (Å²) in [6.45, 7) is 8.87. The van der Waals surface area contributed by atoms with Crippen molar-refractivity contribution >= 4 is 269 Å². The molecule has 10 nitrogen and oxygen atoms in total. The second kappa shape index (κ2) is 36.4. The van der Waals surface area contributed by atoms with Crippen LogP contribution in [0.1, 0.15) is 35.1 Å². The Morgan fingerprint density at radius 3 is 1.14 bits per heavy atom. The van der Waals surface area contributed by atoms with E-state index in [2.05, 4.69) is 281 Å². The highest BCUT2D eigenvalue weighted by Crippen LogP contribution is 3.32. The van der Waals surface area contributed by atoms with E-state index in [0.717, 1.165) is 48.9 Å². The Morgan fingerprint density at radius 2 is 0.689 bits per heavy atom. The minimum Gasteiger partial charge on any atom is -0.455 e. The third kappa shape index (κ3) is 18.3. The first-order valence-electron chi connectivity index (χ1n) is 31.0. The Bertz CT molecular complexity index is 5240. The van der Waals surface area contributed by atoms with Crippen LogP contribution in [0.2, 0.25) is 0 Å². The molecule has 12 atom stereocenters. The number of nitrogens with zero attached hydrogens (tertiary/aromatic N) is 2. The van der Waals surface area contributed by atoms with Gasteiger partial charge in [-0.3, -0.25) is 0 Å². The highest BCUT2D eigenvalue weighted by Gasteiger charge is 2.52. The van der Waals surface area contributed by atoms with Crippen molar-refractivity contribution in [3.05, 3.63) is 235 Å². The van der Waals surface area contributed by atoms with Crippen LogP contribution in [0.3, 0.4) is 0 Å². The fourth-order valence-corrected chi connectivity index (χ4v) is 288. The normalized spacial score (nSPS) is 15.2. The van der Waals surface area contributed by atoms with E-state index in [4.69, 9.17) is 18.8 Å². The molecular formula is C67H78BBrN2O8P22S2. The van der Waals surface area contributed by atoms with Crippen molar-refractivity contribution in [3.8, 4) is 45.5 Å². The zero-order chi connectivity index (χ0) is 72.9. The van der Waals surface area contributed by atoms with Crippen molar-refractivity contribution in [1.82, 2.24) is 9.13 Å². The van der Waals surface area contributed by atoms with Gasteiger partial charge in [0.2, 0.25) is 19.7 Å². The maximum atomic E-state index is 13.1. The van der Waals surface area contributed by atoms with Crippen LogP contribution in [0.5, 0.6) is 23.0 Å². The molecule has 3 aliphatic heterocycles. The predicted octanol–water partition coefficient (Wildman–Crippen LogP) is 29.0. The SMILES string of the molecule is C.CC1(C)OB(c2ccc3c(c2)c2ccccc2n3-c2ccccc2)OC1(C)C.O=S1(=O)c2ccccc2Oc2cc(-c3ccc4c(c3)c3ccccc3n4-c3ccccc3)ccc21.O=S1(=O)c2ccccc2Oc2cc(Br)ccc21.PP(P)P(P(P)P)P(P(P(P)P)P(P)P)P(P(P)P)P(P)P. The molecule has 2 aromatic heterocycles. The minimum absolute atomic E-state index is 0. The average Bonchev–Trinajstić information content (AvgIpc) is 1.64. The van der Waals surface area contributed by atoms with Gasteiger partial charge >= 0.3 is 7.12 Å². The van der Waals surface area contributed by atoms with Gasteiger partial charge in [-0.1, -0.05) is 145 Å². The number of hydrogen-bond donors (Lipinski definition) is 0. The van der Waals surface area contributed by atoms with E-state index in [9.17, 15) is 16.8 Å². The van der Waals surface area contributed by atoms with Gasteiger partial charge in [-0.25, -0.2) is 16.8 Å². The van der Waals surface area contributed by atoms with Crippen LogP contribution in [0.25, 0.3) is 66.1 Å². The van der Waals surface area contributed by atoms with Crippen molar-refractivity contribution in [2.24, 2.45) is 0 Å². The fourth-order valence-electron chi connectivity index (χ4n) is 11.9. The van der Waals surface area contributed by atoms with Crippen LogP contribution in [0.4, 0.5) is 0 Å². The topological polar surface area (TPSA) is 115 Å². The van der Waals surface area contributed by atoms with E-state index in [0.29, 0.717) is 23.0 Å². The molecule has 0 spiro atoms. The quantitative estimate of drug-likeness (QED) is 0.0828. The Balaban J connectivity index is 0.000000142. The number of sulfone groups is 2. The van der Waals surface area contributed by atoms with Crippen molar-refractivity contribution in [2.75, 3.05) is 0 Å². The van der Waals surface area contributed by atoms with Gasteiger partial charge in [0.1, 0.15) is 42.6 Å². The van der Waals surface area contributed by atoms with Gasteiger partial charge < -0.3 is 27.9 Å². The number of ether oxygens (including phenoxy) is 2. The van der Waals surface area contributed by atoms with Gasteiger partial charge in [-0.05, 0) is 223 Å². The first-order valence-corrected chi connectivity index (χ1v) is 73.9. The number of halogens is 1. The Labute approximate surface area is 653 Å². The lowest BCUT2D eigenvalue weighted by Gasteiger charge is -2.47. The first kappa shape index (κ1) is 85.1. The average molecular weight is 1880 g/mol. The minimum atomic E-state index is -3.62. The smallest absolute Gasteiger partial charge is 0.455 e. The summed E-state index contributed by atoms with van der Waals surface area (Å²) in [5, 5.41) is 4.75. The molecule has 103 heavy (non-hydrogen) atoms. The van der Waals surface area contributed by atoms with Crippen LogP contribution < -0.4 is 14.9 Å². The standard InChI is InChI=1S/C30H19NO3S.C24H24BNO2.C12H7BrO3S.CH4.H24P22/c32-35(33)29-13-7-6-12-27(29)34-28-19-21(15-17-30(28)35)20-14-16-26-24(18-20)23-10-4-5-11-25(23)31(26)22-8-2-1-3-9-22;1-23(2)24(3,4)28-25(27-23)17-14-15-22-20(16-17)19-12-8-9-13-21(19)26(22)18-10-6-5-7-11-18;13-8-5-6-12-10(7-8)16-9-3-1-2-4-11(9)17(12,14)15;;1-13(2)19(14(3)4)22(20(15(5)6)16(7)8)21(17(9)10)18(11)12/h1-19H;5-16H,1-4H3;1-7H;1H4;1-12H2. The van der Waals surface area contributed by atoms with Crippen molar-refractivity contribution in [2.45, 2.75) is 65.9 Å². The summed E-state index contributed by atoms with van der Waals surface area (Å²) in [5.41, 5.74) is 9.19. The number of para-hydroxylation sites is 6. The van der Waals surface area contributed by atoms with Gasteiger partial charge in [0, 0.05) is 37.4 Å². The highest BCUT2D eigenvalue weighted by molar-refractivity contribution is 9.38. The summed E-state index contributed by atoms with van der Waals surface area (Å²) in [6.07, 6.45) is 0. The van der Waals surface area contributed by atoms with Crippen LogP contribution >= 0.6 is 193 Å². The molecule has 1 saturated heterocycles. The number of fused-ring (bicyclic) bond motifs is 10. The Hall–Kier alpha value is 1.22. The van der Waals surface area contributed by atoms with Crippen LogP contribution in [-0.2, 0) is 29.0 Å². The van der Waals surface area contributed by atoms with Crippen molar-refractivity contribution in [3.63, 3.8) is 0 Å². The zero-order valence-corrected chi connectivity index (χ0v) is 81.3. The lowest BCUT2D eigenvalue weighted by Crippen LogP contribution is -2.41. The van der Waals surface area contributed by atoms with E-state index in [1.165, 1.54) is 27.2 Å². The highest BCUT2D eigenvalue weighted by atomic mass is 79.9. The zero-order valence-electron chi connectivity index (χ0n) is 55.3. The third-order valence-electron chi connectivity index (χ3n) is 17.1. The van der Waals surface area contributed by atoms with Crippen LogP contribution in [-0.4, -0.2) is 44.3 Å². The molecule has 0 radical (unpaired) electrons. The molecule has 0 amide bonds. The first-order chi connectivity index (χ1) is 48.5. The van der Waals surface area contributed by atoms with Crippen LogP contribution in [0, 0.1) is 0 Å². The molecule has 5 heterocycles. The van der Waals surface area contributed by atoms with Gasteiger partial charge in [0.05, 0.1) is 33.3 Å². The molecule has 0 aliphatic carbocycles. The number of aromatic nitrogens is 2. The maximum Gasteiger partial charge on any atom is 0.494 e. The van der Waals surface area contributed by atoms with Crippen LogP contribution in [0.15, 0.2) is 255 Å². The second-order valence-corrected chi connectivity index (χ2v) is 116. The Kier molecular flexibility index (Phi) is 30.1. The van der Waals surface area contributed by atoms with Gasteiger partial charge in [0.15, 0.2) is 0 Å². The molecule has 0 bridgehead atoms. The van der Waals surface area contributed by atoms with Gasteiger partial charge in [0.25, 0.3) is 0 Å². The molecular weight excluding hydrogens is 1800 g/mol. The van der Waals surface area contributed by atoms with Gasteiger partial charge in [-0.2, -0.15) is 0 Å². The predicted molar refractivity (Wildman–Crippen MR) is 513 cm³/mol. The van der Waals surface area contributed by atoms with Gasteiger partial charge in [-0.15, -0.1) is 107 Å². The Morgan fingerprint density at radius 1 is 0.350 bits per heavy atom. The summed E-state index contributed by atoms with van der Waals surface area (Å²) in [6, 6.07) is 74.3. The van der Waals surface area contributed by atoms with E-state index in [1.807, 2.05) is 36.4 Å². The molecule has 12 aromatic rings. The second-order valence-electron chi connectivity index (χ2n) is 24.2. The number of benzene rings is 10. The molecule has 10 aromatic carbocycles. The van der Waals surface area contributed by atoms with E-state index in [1.54, 1.807) is 72.8 Å². The van der Waals surface area contributed by atoms with Crippen molar-refractivity contribution < 1.29 is 35.6 Å². The summed E-state index contributed by atoms with van der Waals surface area (Å²) in [4.78, 5) is 0.825. The summed E-state index contributed by atoms with van der Waals surface area (Å²) < 4.78 is 80.4. The molecule has 15 rings (SSSR count). The number of hydrogen-bond acceptors (Lipinski definition) is 8. The van der Waals surface area contributed by atoms with Crippen molar-refractivity contribution in [1.29, 1.82) is 0 Å². The third-order valence-corrected chi connectivity index (χ3v) is 159. The molecule has 536 valence electrons. The molecule has 12 unspecified atom stereocenters. The molecule has 0 saturated carbocycles. The van der Waals surface area contributed by atoms with E-state index < -0.39 is 19.7 Å². The number of rotatable bonds is 13. The fraction of sp³-hybridized carbons (Fsp3) is 0.104. The molecule has 3 aliphatic rings. The summed E-state index contributed by atoms with van der Waals surface area (Å²) >= 11 is 3.29. The lowest BCUT2D eigenvalue weighted by atomic mass is 9.78. The monoisotopic (exact) mass is 1870 g/mol. The molecule has 0 N–H and O–H groups in total. The van der Waals surface area contributed by atoms with E-state index in [-0.39, 0.29) is 115 Å². The van der Waals surface area contributed by atoms with E-state index >= 15 is 0 Å². The molecule has 36 heteroatoms.